The van der Waals surface area contributed by atoms with Gasteiger partial charge in [-0.25, -0.2) is 4.99 Å². The number of thiazole rings is 1. The van der Waals surface area contributed by atoms with E-state index in [1.165, 1.54) is 0 Å². The van der Waals surface area contributed by atoms with Gasteiger partial charge in [0, 0.05) is 42.1 Å². The van der Waals surface area contributed by atoms with Crippen molar-refractivity contribution in [3.05, 3.63) is 68.8 Å². The zero-order valence-corrected chi connectivity index (χ0v) is 19.8. The van der Waals surface area contributed by atoms with E-state index in [9.17, 15) is 0 Å². The molecule has 0 aliphatic carbocycles. The first-order valence-corrected chi connectivity index (χ1v) is 10.9. The summed E-state index contributed by atoms with van der Waals surface area (Å²) in [5.41, 5.74) is 2.98. The van der Waals surface area contributed by atoms with Crippen molar-refractivity contribution >= 4 is 57.2 Å². The Hall–Kier alpha value is -1.15. The average Bonchev–Trinajstić information content (AvgIpc) is 3.10. The van der Waals surface area contributed by atoms with E-state index in [1.54, 1.807) is 17.4 Å². The Morgan fingerprint density at radius 2 is 1.76 bits per heavy atom. The van der Waals surface area contributed by atoms with Gasteiger partial charge in [0.25, 0.3) is 0 Å². The zero-order valence-electron chi connectivity index (χ0n) is 15.8. The van der Waals surface area contributed by atoms with E-state index < -0.39 is 0 Å². The number of aromatic nitrogens is 1. The van der Waals surface area contributed by atoms with E-state index in [0.717, 1.165) is 61.1 Å². The van der Waals surface area contributed by atoms with Crippen molar-refractivity contribution in [1.82, 2.24) is 9.47 Å². The van der Waals surface area contributed by atoms with Crippen LogP contribution in [0, 0.1) is 0 Å². The molecule has 1 aromatic heterocycles. The van der Waals surface area contributed by atoms with Gasteiger partial charge in [-0.15, -0.1) is 28.3 Å². The van der Waals surface area contributed by atoms with E-state index in [-0.39, 0.29) is 17.0 Å². The minimum atomic E-state index is 0. The zero-order chi connectivity index (χ0) is 19.3. The number of nitrogens with zero attached hydrogens (tertiary/aromatic N) is 3. The fourth-order valence-corrected chi connectivity index (χ4v) is 4.68. The van der Waals surface area contributed by atoms with Gasteiger partial charge >= 0.3 is 0 Å². The van der Waals surface area contributed by atoms with Crippen LogP contribution >= 0.6 is 51.5 Å². The Morgan fingerprint density at radius 1 is 1.00 bits per heavy atom. The number of morpholine rings is 1. The van der Waals surface area contributed by atoms with E-state index in [1.807, 2.05) is 42.5 Å². The number of halogens is 3. The van der Waals surface area contributed by atoms with Crippen LogP contribution in [0.2, 0.25) is 10.0 Å². The first-order valence-electron chi connectivity index (χ1n) is 9.24. The second kappa shape index (κ2) is 10.8. The highest BCUT2D eigenvalue weighted by Crippen LogP contribution is 2.31. The summed E-state index contributed by atoms with van der Waals surface area (Å²) in [4.78, 5) is 8.25. The van der Waals surface area contributed by atoms with Crippen molar-refractivity contribution in [2.24, 2.45) is 4.99 Å². The molecule has 1 saturated heterocycles. The van der Waals surface area contributed by atoms with Crippen LogP contribution in [0.4, 0.5) is 5.69 Å². The lowest BCUT2D eigenvalue weighted by Gasteiger charge is -2.27. The summed E-state index contributed by atoms with van der Waals surface area (Å²) < 4.78 is 7.72. The quantitative estimate of drug-likeness (QED) is 0.439. The van der Waals surface area contributed by atoms with E-state index in [2.05, 4.69) is 14.8 Å². The molecule has 0 radical (unpaired) electrons. The number of rotatable bonds is 5. The molecule has 1 aliphatic heterocycles. The molecule has 0 unspecified atom stereocenters. The molecule has 0 N–H and O–H groups in total. The lowest BCUT2D eigenvalue weighted by molar-refractivity contribution is 0.0363. The third kappa shape index (κ3) is 5.72. The van der Waals surface area contributed by atoms with Gasteiger partial charge in [-0.05, 0) is 30.3 Å². The van der Waals surface area contributed by atoms with Gasteiger partial charge in [-0.1, -0.05) is 41.4 Å². The number of benzene rings is 2. The lowest BCUT2D eigenvalue weighted by atomic mass is 10.1. The molecule has 4 nitrogen and oxygen atoms in total. The van der Waals surface area contributed by atoms with Crippen molar-refractivity contribution < 1.29 is 4.74 Å². The van der Waals surface area contributed by atoms with Gasteiger partial charge in [0.05, 0.1) is 29.6 Å². The molecule has 1 fully saturated rings. The Bertz CT molecular complexity index is 1000. The van der Waals surface area contributed by atoms with Crippen molar-refractivity contribution in [1.29, 1.82) is 0 Å². The molecule has 0 bridgehead atoms. The summed E-state index contributed by atoms with van der Waals surface area (Å²) in [5, 5.41) is 3.41. The number of hydrogen-bond donors (Lipinski definition) is 0. The van der Waals surface area contributed by atoms with Gasteiger partial charge in [-0.2, -0.15) is 0 Å². The molecule has 1 aliphatic rings. The maximum Gasteiger partial charge on any atom is 0.190 e. The molecule has 29 heavy (non-hydrogen) atoms. The SMILES string of the molecule is Br.Clc1ccc(-c2csc(=Nc3ccccc3)n2CCN2CCOCC2)c(Cl)c1. The predicted molar refractivity (Wildman–Crippen MR) is 127 cm³/mol. The fourth-order valence-electron chi connectivity index (χ4n) is 3.23. The van der Waals surface area contributed by atoms with Crippen molar-refractivity contribution in [3.63, 3.8) is 0 Å². The highest BCUT2D eigenvalue weighted by Gasteiger charge is 2.15. The van der Waals surface area contributed by atoms with Gasteiger partial charge in [-0.3, -0.25) is 4.90 Å². The van der Waals surface area contributed by atoms with Crippen LogP contribution in [-0.4, -0.2) is 42.3 Å². The summed E-state index contributed by atoms with van der Waals surface area (Å²) in [6.07, 6.45) is 0. The second-order valence-electron chi connectivity index (χ2n) is 6.58. The highest BCUT2D eigenvalue weighted by molar-refractivity contribution is 8.93. The molecule has 4 rings (SSSR count). The van der Waals surface area contributed by atoms with Crippen molar-refractivity contribution in [2.75, 3.05) is 32.8 Å². The molecule has 2 heterocycles. The molecule has 154 valence electrons. The van der Waals surface area contributed by atoms with Gasteiger partial charge in [0.2, 0.25) is 0 Å². The predicted octanol–water partition coefficient (Wildman–Crippen LogP) is 5.67. The second-order valence-corrected chi connectivity index (χ2v) is 8.26. The Morgan fingerprint density at radius 3 is 2.48 bits per heavy atom. The Balaban J connectivity index is 0.00000240. The summed E-state index contributed by atoms with van der Waals surface area (Å²) in [7, 11) is 0. The fraction of sp³-hybridized carbons (Fsp3) is 0.286. The number of hydrogen-bond acceptors (Lipinski definition) is 4. The summed E-state index contributed by atoms with van der Waals surface area (Å²) in [5.74, 6) is 0. The summed E-state index contributed by atoms with van der Waals surface area (Å²) in [6.45, 7) is 5.31. The van der Waals surface area contributed by atoms with E-state index in [4.69, 9.17) is 32.9 Å². The molecule has 2 aromatic carbocycles. The third-order valence-corrected chi connectivity index (χ3v) is 6.14. The summed E-state index contributed by atoms with van der Waals surface area (Å²) >= 11 is 14.2. The molecule has 8 heteroatoms. The topological polar surface area (TPSA) is 29.8 Å². The molecule has 0 atom stereocenters. The van der Waals surface area contributed by atoms with E-state index in [0.29, 0.717) is 10.0 Å². The van der Waals surface area contributed by atoms with Crippen LogP contribution in [0.25, 0.3) is 11.3 Å². The first-order chi connectivity index (χ1) is 13.7. The number of ether oxygens (including phenoxy) is 1. The van der Waals surface area contributed by atoms with Crippen LogP contribution in [-0.2, 0) is 11.3 Å². The van der Waals surface area contributed by atoms with Crippen LogP contribution < -0.4 is 4.80 Å². The normalized spacial score (nSPS) is 15.3. The number of para-hydroxylation sites is 1. The Labute approximate surface area is 195 Å². The smallest absolute Gasteiger partial charge is 0.190 e. The summed E-state index contributed by atoms with van der Waals surface area (Å²) in [6, 6.07) is 15.7. The van der Waals surface area contributed by atoms with Crippen molar-refractivity contribution in [2.45, 2.75) is 6.54 Å². The lowest BCUT2D eigenvalue weighted by Crippen LogP contribution is -2.39. The van der Waals surface area contributed by atoms with Gasteiger partial charge < -0.3 is 9.30 Å². The third-order valence-electron chi connectivity index (χ3n) is 4.73. The van der Waals surface area contributed by atoms with E-state index >= 15 is 0 Å². The maximum absolute atomic E-state index is 6.50. The first kappa shape index (κ1) is 22.5. The molecule has 3 aromatic rings. The minimum absolute atomic E-state index is 0. The standard InChI is InChI=1S/C21H21Cl2N3OS.BrH/c22-16-6-7-18(19(23)14-16)20-15-28-21(24-17-4-2-1-3-5-17)26(20)9-8-25-10-12-27-13-11-25;/h1-7,14-15H,8-13H2;1H. The molecule has 0 amide bonds. The maximum atomic E-state index is 6.50. The molecule has 0 saturated carbocycles. The molecular weight excluding hydrogens is 493 g/mol. The van der Waals surface area contributed by atoms with Crippen LogP contribution in [0.1, 0.15) is 0 Å². The Kier molecular flexibility index (Phi) is 8.35. The highest BCUT2D eigenvalue weighted by atomic mass is 79.9. The van der Waals surface area contributed by atoms with Gasteiger partial charge in [0.1, 0.15) is 0 Å². The van der Waals surface area contributed by atoms with Crippen LogP contribution in [0.15, 0.2) is 58.9 Å². The molecule has 0 spiro atoms. The van der Waals surface area contributed by atoms with Crippen molar-refractivity contribution in [3.8, 4) is 11.3 Å². The monoisotopic (exact) mass is 513 g/mol. The van der Waals surface area contributed by atoms with Crippen LogP contribution in [0.5, 0.6) is 0 Å². The molecular formula is C21H22BrCl2N3OS. The van der Waals surface area contributed by atoms with Gasteiger partial charge in [0.15, 0.2) is 4.80 Å². The minimum Gasteiger partial charge on any atom is -0.379 e. The van der Waals surface area contributed by atoms with Crippen LogP contribution in [0.3, 0.4) is 0 Å². The largest absolute Gasteiger partial charge is 0.379 e. The average molecular weight is 515 g/mol.